The number of aromatic nitrogens is 3. The summed E-state index contributed by atoms with van der Waals surface area (Å²) in [5, 5.41) is 12.7. The summed E-state index contributed by atoms with van der Waals surface area (Å²) in [6.07, 6.45) is -0.140. The Morgan fingerprint density at radius 1 is 1.12 bits per heavy atom. The molecular weight excluding hydrogens is 439 g/mol. The summed E-state index contributed by atoms with van der Waals surface area (Å²) in [7, 11) is 0. The Balaban J connectivity index is 1.58. The Labute approximate surface area is 187 Å². The fourth-order valence-corrected chi connectivity index (χ4v) is 3.45. The van der Waals surface area contributed by atoms with Crippen LogP contribution in [0.1, 0.15) is 23.1 Å². The highest BCUT2D eigenvalue weighted by Crippen LogP contribution is 2.34. The molecule has 3 aromatic rings. The minimum atomic E-state index is -4.79. The van der Waals surface area contributed by atoms with Crippen molar-refractivity contribution in [3.8, 4) is 16.9 Å². The van der Waals surface area contributed by atoms with Crippen molar-refractivity contribution in [2.45, 2.75) is 25.8 Å². The summed E-state index contributed by atoms with van der Waals surface area (Å²) in [6.45, 7) is 4.25. The molecule has 1 aliphatic rings. The van der Waals surface area contributed by atoms with E-state index < -0.39 is 23.6 Å². The Morgan fingerprint density at radius 2 is 1.76 bits per heavy atom. The first kappa shape index (κ1) is 22.5. The van der Waals surface area contributed by atoms with E-state index in [1.165, 1.54) is 18.3 Å². The first-order valence-electron chi connectivity index (χ1n) is 9.93. The van der Waals surface area contributed by atoms with E-state index >= 15 is 0 Å². The minimum absolute atomic E-state index is 0.234. The van der Waals surface area contributed by atoms with Gasteiger partial charge >= 0.3 is 6.36 Å². The number of hydrogen-bond donors (Lipinski definition) is 2. The molecule has 0 spiro atoms. The molecule has 0 bridgehead atoms. The van der Waals surface area contributed by atoms with Crippen LogP contribution in [-0.2, 0) is 0 Å². The number of carbonyl (C=O) groups is 1. The van der Waals surface area contributed by atoms with E-state index in [0.717, 1.165) is 12.1 Å². The number of hydrogen-bond acceptors (Lipinski definition) is 7. The van der Waals surface area contributed by atoms with Gasteiger partial charge in [-0.2, -0.15) is 0 Å². The van der Waals surface area contributed by atoms with Gasteiger partial charge in [0.25, 0.3) is 5.91 Å². The van der Waals surface area contributed by atoms with Crippen LogP contribution in [0, 0.1) is 6.92 Å². The predicted molar refractivity (Wildman–Crippen MR) is 114 cm³/mol. The number of benzene rings is 1. The number of ether oxygens (including phenoxy) is 1. The molecule has 1 aliphatic heterocycles. The van der Waals surface area contributed by atoms with Gasteiger partial charge in [0.15, 0.2) is 0 Å². The molecule has 2 N–H and O–H groups in total. The quantitative estimate of drug-likeness (QED) is 0.602. The van der Waals surface area contributed by atoms with E-state index in [1.54, 1.807) is 32.3 Å². The molecule has 2 aromatic heterocycles. The fraction of sp³-hybridized carbons (Fsp3) is 0.273. The highest BCUT2D eigenvalue weighted by Gasteiger charge is 2.38. The molecule has 1 fully saturated rings. The molecule has 0 unspecified atom stereocenters. The maximum atomic E-state index is 12.8. The van der Waals surface area contributed by atoms with Crippen molar-refractivity contribution in [3.05, 3.63) is 60.3 Å². The highest BCUT2D eigenvalue weighted by atomic mass is 19.4. The largest absolute Gasteiger partial charge is 0.573 e. The molecular formula is C22H20F3N5O3. The Bertz CT molecular complexity index is 1160. The lowest BCUT2D eigenvalue weighted by Gasteiger charge is -2.45. The monoisotopic (exact) mass is 459 g/mol. The Kier molecular flexibility index (Phi) is 5.66. The number of β-amino-alcohol motifs (C(OH)–C–C–N with tert-alkyl or cyclic N) is 1. The summed E-state index contributed by atoms with van der Waals surface area (Å²) in [4.78, 5) is 27.5. The van der Waals surface area contributed by atoms with Crippen LogP contribution in [0.15, 0.2) is 48.9 Å². The SMILES string of the molecule is Cc1ncc(-c2cc(C(=O)Nc3ccc(OC(F)(F)F)cc3)cnc2N2CC(C)(O)C2)cn1. The van der Waals surface area contributed by atoms with Crippen LogP contribution < -0.4 is 15.0 Å². The Morgan fingerprint density at radius 3 is 2.33 bits per heavy atom. The van der Waals surface area contributed by atoms with Gasteiger partial charge in [-0.25, -0.2) is 15.0 Å². The van der Waals surface area contributed by atoms with Crippen molar-refractivity contribution in [2.75, 3.05) is 23.3 Å². The standard InChI is InChI=1S/C22H20F3N5O3/c1-13-26-9-15(10-27-13)18-7-14(8-28-19(18)30-11-21(2,32)12-30)20(31)29-16-3-5-17(6-4-16)33-22(23,24)25/h3-10,32H,11-12H2,1-2H3,(H,29,31). The topological polar surface area (TPSA) is 100 Å². The van der Waals surface area contributed by atoms with Gasteiger partial charge in [0, 0.05) is 48.5 Å². The van der Waals surface area contributed by atoms with Crippen LogP contribution in [0.3, 0.4) is 0 Å². The number of nitrogens with zero attached hydrogens (tertiary/aromatic N) is 4. The lowest BCUT2D eigenvalue weighted by molar-refractivity contribution is -0.274. The number of rotatable bonds is 5. The molecule has 8 nitrogen and oxygen atoms in total. The van der Waals surface area contributed by atoms with E-state index in [-0.39, 0.29) is 11.3 Å². The molecule has 11 heteroatoms. The first-order valence-corrected chi connectivity index (χ1v) is 9.93. The van der Waals surface area contributed by atoms with Gasteiger partial charge in [-0.15, -0.1) is 13.2 Å². The van der Waals surface area contributed by atoms with Crippen LogP contribution in [0.25, 0.3) is 11.1 Å². The summed E-state index contributed by atoms with van der Waals surface area (Å²) in [5.41, 5.74) is 0.973. The van der Waals surface area contributed by atoms with Crippen molar-refractivity contribution >= 4 is 17.4 Å². The van der Waals surface area contributed by atoms with Crippen LogP contribution in [0.5, 0.6) is 5.75 Å². The predicted octanol–water partition coefficient (Wildman–Crippen LogP) is 3.57. The van der Waals surface area contributed by atoms with Crippen LogP contribution in [-0.4, -0.2) is 51.0 Å². The fourth-order valence-electron chi connectivity index (χ4n) is 3.45. The van der Waals surface area contributed by atoms with Gasteiger partial charge in [-0.1, -0.05) is 0 Å². The minimum Gasteiger partial charge on any atom is -0.406 e. The number of aliphatic hydroxyl groups is 1. The van der Waals surface area contributed by atoms with E-state index in [4.69, 9.17) is 0 Å². The van der Waals surface area contributed by atoms with E-state index in [1.807, 2.05) is 4.90 Å². The zero-order chi connectivity index (χ0) is 23.8. The highest BCUT2D eigenvalue weighted by molar-refractivity contribution is 6.05. The number of halogens is 3. The second kappa shape index (κ2) is 8.32. The summed E-state index contributed by atoms with van der Waals surface area (Å²) >= 11 is 0. The van der Waals surface area contributed by atoms with Crippen LogP contribution in [0.4, 0.5) is 24.7 Å². The molecule has 4 rings (SSSR count). The number of carbonyl (C=O) groups excluding carboxylic acids is 1. The number of aryl methyl sites for hydroxylation is 1. The van der Waals surface area contributed by atoms with Gasteiger partial charge < -0.3 is 20.1 Å². The van der Waals surface area contributed by atoms with Crippen molar-refractivity contribution in [1.82, 2.24) is 15.0 Å². The summed E-state index contributed by atoms with van der Waals surface area (Å²) in [5.74, 6) is 0.285. The van der Waals surface area contributed by atoms with Crippen molar-refractivity contribution in [1.29, 1.82) is 0 Å². The molecule has 1 aromatic carbocycles. The number of alkyl halides is 3. The lowest BCUT2D eigenvalue weighted by atomic mass is 9.95. The molecule has 172 valence electrons. The van der Waals surface area contributed by atoms with Crippen molar-refractivity contribution < 1.29 is 27.8 Å². The van der Waals surface area contributed by atoms with Gasteiger partial charge in [0.1, 0.15) is 17.4 Å². The average molecular weight is 459 g/mol. The zero-order valence-corrected chi connectivity index (χ0v) is 17.7. The zero-order valence-electron chi connectivity index (χ0n) is 17.7. The van der Waals surface area contributed by atoms with E-state index in [9.17, 15) is 23.1 Å². The van der Waals surface area contributed by atoms with Gasteiger partial charge in [-0.05, 0) is 44.2 Å². The second-order valence-corrected chi connectivity index (χ2v) is 7.99. The second-order valence-electron chi connectivity index (χ2n) is 7.99. The molecule has 33 heavy (non-hydrogen) atoms. The number of amides is 1. The van der Waals surface area contributed by atoms with Crippen LogP contribution in [0.2, 0.25) is 0 Å². The molecule has 0 aliphatic carbocycles. The molecule has 1 saturated heterocycles. The average Bonchev–Trinajstić information content (AvgIpc) is 2.72. The maximum Gasteiger partial charge on any atom is 0.573 e. The number of nitrogens with one attached hydrogen (secondary N) is 1. The van der Waals surface area contributed by atoms with E-state index in [2.05, 4.69) is 25.0 Å². The van der Waals surface area contributed by atoms with Crippen molar-refractivity contribution in [3.63, 3.8) is 0 Å². The van der Waals surface area contributed by atoms with Crippen molar-refractivity contribution in [2.24, 2.45) is 0 Å². The van der Waals surface area contributed by atoms with E-state index in [0.29, 0.717) is 35.9 Å². The maximum absolute atomic E-state index is 12.8. The third-order valence-corrected chi connectivity index (χ3v) is 4.93. The molecule has 1 amide bonds. The van der Waals surface area contributed by atoms with Gasteiger partial charge in [-0.3, -0.25) is 4.79 Å². The summed E-state index contributed by atoms with van der Waals surface area (Å²) < 4.78 is 40.8. The normalized spacial score (nSPS) is 15.0. The molecule has 0 atom stereocenters. The third-order valence-electron chi connectivity index (χ3n) is 4.93. The third kappa shape index (κ3) is 5.37. The lowest BCUT2D eigenvalue weighted by Crippen LogP contribution is -2.60. The van der Waals surface area contributed by atoms with Gasteiger partial charge in [0.2, 0.25) is 0 Å². The first-order chi connectivity index (χ1) is 15.5. The summed E-state index contributed by atoms with van der Waals surface area (Å²) in [6, 6.07) is 6.46. The number of pyridine rings is 1. The Hall–Kier alpha value is -3.73. The number of anilines is 2. The smallest absolute Gasteiger partial charge is 0.406 e. The molecule has 0 saturated carbocycles. The van der Waals surface area contributed by atoms with Gasteiger partial charge in [0.05, 0.1) is 11.2 Å². The van der Waals surface area contributed by atoms with Crippen LogP contribution >= 0.6 is 0 Å². The molecule has 0 radical (unpaired) electrons. The molecule has 3 heterocycles.